The Morgan fingerprint density at radius 2 is 1.74 bits per heavy atom. The predicted molar refractivity (Wildman–Crippen MR) is 117 cm³/mol. The van der Waals surface area contributed by atoms with Crippen LogP contribution in [0.15, 0.2) is 54.9 Å². The van der Waals surface area contributed by atoms with E-state index in [1.807, 2.05) is 47.5 Å². The number of ether oxygens (including phenoxy) is 1. The summed E-state index contributed by atoms with van der Waals surface area (Å²) in [6, 6.07) is 13.6. The van der Waals surface area contributed by atoms with Gasteiger partial charge in [0.25, 0.3) is 5.91 Å². The van der Waals surface area contributed by atoms with Crippen LogP contribution in [0.25, 0.3) is 0 Å². The molecule has 164 valence electrons. The maximum Gasteiger partial charge on any atom is 0.327 e. The van der Waals surface area contributed by atoms with Crippen LogP contribution in [0.2, 0.25) is 0 Å². The molecule has 0 aliphatic carbocycles. The maximum atomic E-state index is 13.6. The number of methoxy groups -OCH3 is 1. The predicted octanol–water partition coefficient (Wildman–Crippen LogP) is 2.92. The standard InChI is InChI=1S/C24H30N4O3/c1-31-16-6-13-28-23(30)27(19-20-7-3-2-4-8-20)22(29)24(28)10-14-26(15-11-24)18-21-9-5-12-25-17-21/h2-5,7-9,12,17H,6,10-11,13-16,18-19H2,1H3. The van der Waals surface area contributed by atoms with Crippen molar-refractivity contribution in [3.63, 3.8) is 0 Å². The molecule has 2 aromatic rings. The molecule has 1 spiro atoms. The van der Waals surface area contributed by atoms with E-state index in [4.69, 9.17) is 4.74 Å². The van der Waals surface area contributed by atoms with Gasteiger partial charge in [-0.05, 0) is 36.5 Å². The lowest BCUT2D eigenvalue weighted by molar-refractivity contribution is -0.136. The fourth-order valence-electron chi connectivity index (χ4n) is 4.68. The van der Waals surface area contributed by atoms with Gasteiger partial charge in [0.2, 0.25) is 0 Å². The monoisotopic (exact) mass is 422 g/mol. The zero-order chi connectivity index (χ0) is 21.7. The summed E-state index contributed by atoms with van der Waals surface area (Å²) in [6.45, 7) is 3.78. The summed E-state index contributed by atoms with van der Waals surface area (Å²) in [4.78, 5) is 36.7. The first-order valence-electron chi connectivity index (χ1n) is 10.9. The van der Waals surface area contributed by atoms with Crippen LogP contribution in [-0.4, -0.2) is 70.5 Å². The summed E-state index contributed by atoms with van der Waals surface area (Å²) in [6.07, 6.45) is 5.67. The zero-order valence-corrected chi connectivity index (χ0v) is 18.1. The summed E-state index contributed by atoms with van der Waals surface area (Å²) >= 11 is 0. The van der Waals surface area contributed by atoms with E-state index in [0.717, 1.165) is 37.2 Å². The Labute approximate surface area is 183 Å². The Morgan fingerprint density at radius 3 is 2.42 bits per heavy atom. The van der Waals surface area contributed by atoms with Crippen molar-refractivity contribution < 1.29 is 14.3 Å². The highest BCUT2D eigenvalue weighted by molar-refractivity contribution is 6.07. The quantitative estimate of drug-likeness (QED) is 0.483. The maximum absolute atomic E-state index is 13.6. The fraction of sp³-hybridized carbons (Fsp3) is 0.458. The van der Waals surface area contributed by atoms with Gasteiger partial charge in [-0.1, -0.05) is 36.4 Å². The molecule has 7 heteroatoms. The number of rotatable bonds is 8. The second-order valence-corrected chi connectivity index (χ2v) is 8.33. The minimum Gasteiger partial charge on any atom is -0.385 e. The van der Waals surface area contributed by atoms with Gasteiger partial charge in [-0.2, -0.15) is 0 Å². The topological polar surface area (TPSA) is 66.0 Å². The van der Waals surface area contributed by atoms with Gasteiger partial charge < -0.3 is 9.64 Å². The number of urea groups is 1. The van der Waals surface area contributed by atoms with Gasteiger partial charge in [-0.25, -0.2) is 4.79 Å². The number of benzene rings is 1. The normalized spacial score (nSPS) is 18.9. The molecule has 0 saturated carbocycles. The molecule has 0 atom stereocenters. The van der Waals surface area contributed by atoms with Crippen LogP contribution in [0.5, 0.6) is 0 Å². The molecular formula is C24H30N4O3. The fourth-order valence-corrected chi connectivity index (χ4v) is 4.68. The van der Waals surface area contributed by atoms with Crippen LogP contribution in [0.3, 0.4) is 0 Å². The lowest BCUT2D eigenvalue weighted by atomic mass is 9.85. The van der Waals surface area contributed by atoms with Gasteiger partial charge in [-0.15, -0.1) is 0 Å². The molecule has 0 unspecified atom stereocenters. The Kier molecular flexibility index (Phi) is 6.63. The SMILES string of the molecule is COCCCN1C(=O)N(Cc2ccccc2)C(=O)C12CCN(Cc1cccnc1)CC2. The van der Waals surface area contributed by atoms with Crippen molar-refractivity contribution in [3.8, 4) is 0 Å². The number of carbonyl (C=O) groups is 2. The highest BCUT2D eigenvalue weighted by atomic mass is 16.5. The third kappa shape index (κ3) is 4.48. The molecule has 1 aromatic carbocycles. The van der Waals surface area contributed by atoms with Gasteiger partial charge in [0.1, 0.15) is 5.54 Å². The molecule has 2 aliphatic rings. The van der Waals surface area contributed by atoms with E-state index in [2.05, 4.69) is 16.0 Å². The van der Waals surface area contributed by atoms with Crippen LogP contribution < -0.4 is 0 Å². The van der Waals surface area contributed by atoms with Crippen LogP contribution in [0, 0.1) is 0 Å². The Bertz CT molecular complexity index is 882. The molecule has 4 rings (SSSR count). The highest BCUT2D eigenvalue weighted by Crippen LogP contribution is 2.38. The number of aromatic nitrogens is 1. The van der Waals surface area contributed by atoms with Crippen molar-refractivity contribution in [2.24, 2.45) is 0 Å². The molecule has 2 fully saturated rings. The van der Waals surface area contributed by atoms with E-state index in [9.17, 15) is 9.59 Å². The van der Waals surface area contributed by atoms with E-state index in [-0.39, 0.29) is 11.9 Å². The molecule has 3 heterocycles. The summed E-state index contributed by atoms with van der Waals surface area (Å²) in [7, 11) is 1.66. The Morgan fingerprint density at radius 1 is 1.00 bits per heavy atom. The van der Waals surface area contributed by atoms with Crippen LogP contribution in [0.4, 0.5) is 4.79 Å². The summed E-state index contributed by atoms with van der Waals surface area (Å²) in [5, 5.41) is 0. The first-order valence-corrected chi connectivity index (χ1v) is 10.9. The van der Waals surface area contributed by atoms with Gasteiger partial charge in [0.05, 0.1) is 6.54 Å². The minimum atomic E-state index is -0.745. The Balaban J connectivity index is 1.50. The van der Waals surface area contributed by atoms with Crippen molar-refractivity contribution in [3.05, 3.63) is 66.0 Å². The van der Waals surface area contributed by atoms with E-state index in [1.54, 1.807) is 13.3 Å². The van der Waals surface area contributed by atoms with Gasteiger partial charge >= 0.3 is 6.03 Å². The van der Waals surface area contributed by atoms with Gasteiger partial charge in [0.15, 0.2) is 0 Å². The summed E-state index contributed by atoms with van der Waals surface area (Å²) in [5.74, 6) is -0.0557. The third-order valence-electron chi connectivity index (χ3n) is 6.35. The number of hydrogen-bond acceptors (Lipinski definition) is 5. The van der Waals surface area contributed by atoms with E-state index in [1.165, 1.54) is 4.90 Å². The van der Waals surface area contributed by atoms with Crippen LogP contribution in [0.1, 0.15) is 30.4 Å². The van der Waals surface area contributed by atoms with E-state index >= 15 is 0 Å². The van der Waals surface area contributed by atoms with E-state index < -0.39 is 5.54 Å². The number of likely N-dealkylation sites (tertiary alicyclic amines) is 1. The zero-order valence-electron chi connectivity index (χ0n) is 18.1. The second-order valence-electron chi connectivity index (χ2n) is 8.33. The molecule has 3 amide bonds. The lowest BCUT2D eigenvalue weighted by Gasteiger charge is -2.42. The highest BCUT2D eigenvalue weighted by Gasteiger charge is 2.57. The molecule has 1 aromatic heterocycles. The molecule has 31 heavy (non-hydrogen) atoms. The van der Waals surface area contributed by atoms with Crippen molar-refractivity contribution >= 4 is 11.9 Å². The van der Waals surface area contributed by atoms with Crippen molar-refractivity contribution in [2.45, 2.75) is 37.9 Å². The van der Waals surface area contributed by atoms with Crippen molar-refractivity contribution in [1.82, 2.24) is 19.7 Å². The summed E-state index contributed by atoms with van der Waals surface area (Å²) < 4.78 is 5.19. The van der Waals surface area contributed by atoms with Crippen LogP contribution >= 0.6 is 0 Å². The third-order valence-corrected chi connectivity index (χ3v) is 6.35. The number of amides is 3. The molecule has 2 aliphatic heterocycles. The number of pyridine rings is 1. The number of carbonyl (C=O) groups excluding carboxylic acids is 2. The molecule has 0 bridgehead atoms. The Hall–Kier alpha value is -2.77. The molecule has 0 radical (unpaired) electrons. The van der Waals surface area contributed by atoms with Crippen molar-refractivity contribution in [1.29, 1.82) is 0 Å². The van der Waals surface area contributed by atoms with Gasteiger partial charge in [0, 0.05) is 52.3 Å². The molecule has 7 nitrogen and oxygen atoms in total. The lowest BCUT2D eigenvalue weighted by Crippen LogP contribution is -2.56. The van der Waals surface area contributed by atoms with Gasteiger partial charge in [-0.3, -0.25) is 19.6 Å². The van der Waals surface area contributed by atoms with Crippen LogP contribution in [-0.2, 0) is 22.6 Å². The molecule has 2 saturated heterocycles. The first-order chi connectivity index (χ1) is 15.1. The first kappa shape index (κ1) is 21.5. The van der Waals surface area contributed by atoms with Crippen molar-refractivity contribution in [2.75, 3.05) is 33.4 Å². The average molecular weight is 423 g/mol. The number of hydrogen-bond donors (Lipinski definition) is 0. The smallest absolute Gasteiger partial charge is 0.327 e. The minimum absolute atomic E-state index is 0.0557. The number of piperidine rings is 1. The molecular weight excluding hydrogens is 392 g/mol. The summed E-state index contributed by atoms with van der Waals surface area (Å²) in [5.41, 5.74) is 1.38. The average Bonchev–Trinajstić information content (AvgIpc) is 2.99. The largest absolute Gasteiger partial charge is 0.385 e. The molecule has 0 N–H and O–H groups in total. The van der Waals surface area contributed by atoms with E-state index in [0.29, 0.717) is 32.5 Å². The number of imide groups is 1. The number of nitrogens with zero attached hydrogens (tertiary/aromatic N) is 4. The second kappa shape index (κ2) is 9.58.